The summed E-state index contributed by atoms with van der Waals surface area (Å²) in [6, 6.07) is 8.30. The Morgan fingerprint density at radius 2 is 2.04 bits per heavy atom. The van der Waals surface area contributed by atoms with E-state index in [1.165, 1.54) is 21.0 Å². The van der Waals surface area contributed by atoms with Crippen LogP contribution in [-0.4, -0.2) is 45.6 Å². The Morgan fingerprint density at radius 3 is 2.76 bits per heavy atom. The number of para-hydroxylation sites is 1. The number of aromatic nitrogens is 3. The summed E-state index contributed by atoms with van der Waals surface area (Å²) in [5.41, 5.74) is 1.09. The molecule has 1 aliphatic rings. The van der Waals surface area contributed by atoms with Gasteiger partial charge < -0.3 is 0 Å². The largest absolute Gasteiger partial charge is 0.299 e. The van der Waals surface area contributed by atoms with Crippen LogP contribution in [0, 0.1) is 6.92 Å². The quantitative estimate of drug-likeness (QED) is 0.760. The number of nitrogens with zero attached hydrogens (tertiary/aromatic N) is 4. The molecule has 1 N–H and O–H groups in total. The smallest absolute Gasteiger partial charge is 0.240 e. The number of rotatable bonds is 4. The summed E-state index contributed by atoms with van der Waals surface area (Å²) < 4.78 is 1.26. The third-order valence-corrected chi connectivity index (χ3v) is 6.34. The molecule has 1 aromatic carbocycles. The predicted octanol–water partition coefficient (Wildman–Crippen LogP) is 3.27. The van der Waals surface area contributed by atoms with Crippen molar-refractivity contribution in [3.8, 4) is 0 Å². The lowest BCUT2D eigenvalue weighted by molar-refractivity contribution is -0.117. The maximum Gasteiger partial charge on any atom is 0.240 e. The molecule has 0 spiro atoms. The van der Waals surface area contributed by atoms with Crippen LogP contribution in [0.25, 0.3) is 10.2 Å². The number of amides is 1. The van der Waals surface area contributed by atoms with Crippen LogP contribution < -0.4 is 5.32 Å². The molecule has 130 valence electrons. The van der Waals surface area contributed by atoms with Gasteiger partial charge in [0.2, 0.25) is 11.0 Å². The minimum atomic E-state index is -0.0189. The SMILES string of the molecule is Cc1nnc(NC(=O)CN2CCC(c3nc4ccccc4s3)CC2)s1. The summed E-state index contributed by atoms with van der Waals surface area (Å²) in [4.78, 5) is 19.1. The minimum Gasteiger partial charge on any atom is -0.299 e. The number of hydrogen-bond donors (Lipinski definition) is 1. The van der Waals surface area contributed by atoms with E-state index in [-0.39, 0.29) is 5.91 Å². The van der Waals surface area contributed by atoms with Gasteiger partial charge in [0.1, 0.15) is 5.01 Å². The lowest BCUT2D eigenvalue weighted by Crippen LogP contribution is -2.38. The standard InChI is InChI=1S/C17H19N5OS2/c1-11-20-21-17(24-11)19-15(23)10-22-8-6-12(7-9-22)16-18-13-4-2-3-5-14(13)25-16/h2-5,12H,6-10H2,1H3,(H,19,21,23). The Morgan fingerprint density at radius 1 is 1.24 bits per heavy atom. The van der Waals surface area contributed by atoms with Crippen molar-refractivity contribution in [3.63, 3.8) is 0 Å². The molecular formula is C17H19N5OS2. The van der Waals surface area contributed by atoms with Gasteiger partial charge in [-0.1, -0.05) is 23.5 Å². The summed E-state index contributed by atoms with van der Waals surface area (Å²) in [5, 5.41) is 13.3. The fraction of sp³-hybridized carbons (Fsp3) is 0.412. The zero-order valence-corrected chi connectivity index (χ0v) is 15.6. The number of aryl methyl sites for hydroxylation is 1. The number of carbonyl (C=O) groups excluding carboxylic acids is 1. The molecule has 8 heteroatoms. The molecule has 1 aliphatic heterocycles. The van der Waals surface area contributed by atoms with Gasteiger partial charge in [-0.2, -0.15) is 0 Å². The first-order valence-electron chi connectivity index (χ1n) is 8.35. The highest BCUT2D eigenvalue weighted by Crippen LogP contribution is 2.33. The zero-order chi connectivity index (χ0) is 17.2. The number of anilines is 1. The van der Waals surface area contributed by atoms with Crippen LogP contribution in [0.5, 0.6) is 0 Å². The molecule has 25 heavy (non-hydrogen) atoms. The van der Waals surface area contributed by atoms with E-state index in [2.05, 4.69) is 38.6 Å². The Labute approximate surface area is 153 Å². The van der Waals surface area contributed by atoms with E-state index in [0.29, 0.717) is 17.6 Å². The summed E-state index contributed by atoms with van der Waals surface area (Å²) >= 11 is 3.20. The first kappa shape index (κ1) is 16.6. The van der Waals surface area contributed by atoms with Crippen molar-refractivity contribution in [2.24, 2.45) is 0 Å². The molecule has 0 bridgehead atoms. The first-order chi connectivity index (χ1) is 12.2. The maximum absolute atomic E-state index is 12.1. The number of thiazole rings is 1. The number of hydrogen-bond acceptors (Lipinski definition) is 7. The van der Waals surface area contributed by atoms with E-state index in [1.54, 1.807) is 11.3 Å². The lowest BCUT2D eigenvalue weighted by Gasteiger charge is -2.30. The van der Waals surface area contributed by atoms with Gasteiger partial charge >= 0.3 is 0 Å². The Kier molecular flexibility index (Phi) is 4.74. The molecule has 0 unspecified atom stereocenters. The summed E-state index contributed by atoms with van der Waals surface area (Å²) in [5.74, 6) is 0.483. The fourth-order valence-corrected chi connectivity index (χ4v) is 4.86. The van der Waals surface area contributed by atoms with E-state index < -0.39 is 0 Å². The van der Waals surface area contributed by atoms with Crippen molar-refractivity contribution in [1.82, 2.24) is 20.1 Å². The Bertz CT molecular complexity index is 849. The third-order valence-electron chi connectivity index (χ3n) is 4.39. The Hall–Kier alpha value is -1.90. The number of piperidine rings is 1. The second-order valence-corrected chi connectivity index (χ2v) is 8.49. The molecule has 0 radical (unpaired) electrons. The maximum atomic E-state index is 12.1. The van der Waals surface area contributed by atoms with Gasteiger partial charge in [-0.05, 0) is 45.0 Å². The minimum absolute atomic E-state index is 0.0189. The monoisotopic (exact) mass is 373 g/mol. The van der Waals surface area contributed by atoms with Gasteiger partial charge in [0, 0.05) is 5.92 Å². The molecule has 4 rings (SSSR count). The molecule has 0 atom stereocenters. The number of likely N-dealkylation sites (tertiary alicyclic amines) is 1. The van der Waals surface area contributed by atoms with Crippen molar-refractivity contribution < 1.29 is 4.79 Å². The fourth-order valence-electron chi connectivity index (χ4n) is 3.11. The van der Waals surface area contributed by atoms with Crippen molar-refractivity contribution in [3.05, 3.63) is 34.3 Å². The number of nitrogens with one attached hydrogen (secondary N) is 1. The molecule has 1 fully saturated rings. The van der Waals surface area contributed by atoms with E-state index in [9.17, 15) is 4.79 Å². The summed E-state index contributed by atoms with van der Waals surface area (Å²) in [7, 11) is 0. The predicted molar refractivity (Wildman–Crippen MR) is 101 cm³/mol. The van der Waals surface area contributed by atoms with E-state index in [1.807, 2.05) is 13.0 Å². The van der Waals surface area contributed by atoms with E-state index >= 15 is 0 Å². The van der Waals surface area contributed by atoms with Gasteiger partial charge in [-0.3, -0.25) is 15.0 Å². The van der Waals surface area contributed by atoms with Gasteiger partial charge in [-0.25, -0.2) is 4.98 Å². The average Bonchev–Trinajstić information content (AvgIpc) is 3.21. The summed E-state index contributed by atoms with van der Waals surface area (Å²) in [6.07, 6.45) is 2.09. The van der Waals surface area contributed by atoms with Crippen molar-refractivity contribution in [2.75, 3.05) is 25.0 Å². The van der Waals surface area contributed by atoms with Crippen LogP contribution in [0.15, 0.2) is 24.3 Å². The molecular weight excluding hydrogens is 354 g/mol. The molecule has 1 amide bonds. The van der Waals surface area contributed by atoms with Crippen LogP contribution in [0.3, 0.4) is 0 Å². The molecule has 6 nitrogen and oxygen atoms in total. The molecule has 1 saturated heterocycles. The molecule has 0 aliphatic carbocycles. The highest BCUT2D eigenvalue weighted by molar-refractivity contribution is 7.18. The molecule has 2 aromatic heterocycles. The van der Waals surface area contributed by atoms with E-state index in [0.717, 1.165) is 36.5 Å². The molecule has 0 saturated carbocycles. The third kappa shape index (κ3) is 3.86. The van der Waals surface area contributed by atoms with Crippen molar-refractivity contribution in [1.29, 1.82) is 0 Å². The van der Waals surface area contributed by atoms with Crippen LogP contribution in [0.2, 0.25) is 0 Å². The van der Waals surface area contributed by atoms with Crippen LogP contribution in [0.4, 0.5) is 5.13 Å². The zero-order valence-electron chi connectivity index (χ0n) is 13.9. The van der Waals surface area contributed by atoms with Crippen molar-refractivity contribution in [2.45, 2.75) is 25.7 Å². The number of carbonyl (C=O) groups is 1. The number of benzene rings is 1. The number of fused-ring (bicyclic) bond motifs is 1. The molecule has 3 aromatic rings. The van der Waals surface area contributed by atoms with Crippen LogP contribution in [0.1, 0.15) is 28.8 Å². The second kappa shape index (κ2) is 7.15. The van der Waals surface area contributed by atoms with Crippen LogP contribution >= 0.6 is 22.7 Å². The van der Waals surface area contributed by atoms with Crippen LogP contribution in [-0.2, 0) is 4.79 Å². The summed E-state index contributed by atoms with van der Waals surface area (Å²) in [6.45, 7) is 4.12. The van der Waals surface area contributed by atoms with Crippen molar-refractivity contribution >= 4 is 43.9 Å². The van der Waals surface area contributed by atoms with Gasteiger partial charge in [-0.15, -0.1) is 21.5 Å². The normalized spacial score (nSPS) is 16.4. The first-order valence-corrected chi connectivity index (χ1v) is 9.98. The second-order valence-electron chi connectivity index (χ2n) is 6.24. The van der Waals surface area contributed by atoms with Gasteiger partial charge in [0.25, 0.3) is 0 Å². The van der Waals surface area contributed by atoms with Gasteiger partial charge in [0.05, 0.1) is 21.8 Å². The lowest BCUT2D eigenvalue weighted by atomic mass is 9.97. The molecule has 3 heterocycles. The highest BCUT2D eigenvalue weighted by Gasteiger charge is 2.24. The average molecular weight is 374 g/mol. The topological polar surface area (TPSA) is 71.0 Å². The van der Waals surface area contributed by atoms with Gasteiger partial charge in [0.15, 0.2) is 0 Å². The van der Waals surface area contributed by atoms with E-state index in [4.69, 9.17) is 4.98 Å². The highest BCUT2D eigenvalue weighted by atomic mass is 32.1. The Balaban J connectivity index is 1.31.